The van der Waals surface area contributed by atoms with Gasteiger partial charge in [0.05, 0.1) is 6.04 Å². The Hall–Kier alpha value is -2.28. The van der Waals surface area contributed by atoms with Crippen molar-refractivity contribution in [2.45, 2.75) is 71.1 Å². The summed E-state index contributed by atoms with van der Waals surface area (Å²) in [7, 11) is 0. The van der Waals surface area contributed by atoms with Crippen molar-refractivity contribution in [2.24, 2.45) is 5.92 Å². The van der Waals surface area contributed by atoms with Crippen LogP contribution in [0.5, 0.6) is 0 Å². The Morgan fingerprint density at radius 2 is 1.44 bits per heavy atom. The quantitative estimate of drug-likeness (QED) is 0.371. The van der Waals surface area contributed by atoms with Crippen molar-refractivity contribution in [2.75, 3.05) is 32.7 Å². The van der Waals surface area contributed by atoms with Gasteiger partial charge in [-0.15, -0.1) is 0 Å². The van der Waals surface area contributed by atoms with Gasteiger partial charge in [-0.1, -0.05) is 54.4 Å². The molecule has 2 amide bonds. The van der Waals surface area contributed by atoms with E-state index in [0.29, 0.717) is 42.0 Å². The van der Waals surface area contributed by atoms with Crippen LogP contribution in [0, 0.1) is 5.92 Å². The Bertz CT molecular complexity index is 1060. The number of hydrogen-bond acceptors (Lipinski definition) is 4. The summed E-state index contributed by atoms with van der Waals surface area (Å²) in [6, 6.07) is 16.3. The van der Waals surface area contributed by atoms with Crippen molar-refractivity contribution in [3.05, 3.63) is 69.7 Å². The number of rotatable bonds is 6. The number of hydrogen-bond donors (Lipinski definition) is 0. The molecule has 2 aromatic carbocycles. The molecule has 0 aliphatic carbocycles. The number of amides is 2. The molecule has 2 heterocycles. The van der Waals surface area contributed by atoms with E-state index in [9.17, 15) is 9.59 Å². The first-order valence-corrected chi connectivity index (χ1v) is 14.8. The Balaban J connectivity index is 1.39. The molecule has 6 nitrogen and oxygen atoms in total. The fourth-order valence-electron chi connectivity index (χ4n) is 5.71. The first-order chi connectivity index (χ1) is 18.5. The number of piperidine rings is 1. The van der Waals surface area contributed by atoms with Crippen LogP contribution in [0.15, 0.2) is 48.5 Å². The molecule has 2 saturated heterocycles. The smallest absolute Gasteiger partial charge is 0.410 e. The van der Waals surface area contributed by atoms with E-state index in [-0.39, 0.29) is 24.1 Å². The van der Waals surface area contributed by atoms with Gasteiger partial charge < -0.3 is 14.5 Å². The highest BCUT2D eigenvalue weighted by atomic mass is 35.5. The van der Waals surface area contributed by atoms with E-state index in [4.69, 9.17) is 27.9 Å². The number of ether oxygens (including phenoxy) is 1. The van der Waals surface area contributed by atoms with E-state index < -0.39 is 5.60 Å². The zero-order chi connectivity index (χ0) is 28.2. The highest BCUT2D eigenvalue weighted by Gasteiger charge is 2.35. The zero-order valence-corrected chi connectivity index (χ0v) is 25.0. The van der Waals surface area contributed by atoms with E-state index in [2.05, 4.69) is 41.0 Å². The van der Waals surface area contributed by atoms with Crippen LogP contribution in [-0.4, -0.2) is 71.1 Å². The number of halogens is 2. The van der Waals surface area contributed by atoms with Crippen molar-refractivity contribution in [1.29, 1.82) is 0 Å². The molecule has 0 unspecified atom stereocenters. The molecule has 2 fully saturated rings. The van der Waals surface area contributed by atoms with Gasteiger partial charge in [-0.05, 0) is 81.3 Å². The van der Waals surface area contributed by atoms with Crippen LogP contribution >= 0.6 is 23.2 Å². The third kappa shape index (κ3) is 7.90. The van der Waals surface area contributed by atoms with Gasteiger partial charge in [-0.25, -0.2) is 4.79 Å². The summed E-state index contributed by atoms with van der Waals surface area (Å²) in [6.45, 7) is 11.4. The van der Waals surface area contributed by atoms with Gasteiger partial charge in [0.25, 0.3) is 0 Å². The molecule has 0 aromatic heterocycles. The van der Waals surface area contributed by atoms with Gasteiger partial charge in [0.1, 0.15) is 5.60 Å². The minimum absolute atomic E-state index is 0.0583. The number of piperazine rings is 1. The predicted molar refractivity (Wildman–Crippen MR) is 157 cm³/mol. The lowest BCUT2D eigenvalue weighted by atomic mass is 9.92. The predicted octanol–water partition coefficient (Wildman–Crippen LogP) is 7.04. The van der Waals surface area contributed by atoms with Crippen LogP contribution in [0.2, 0.25) is 10.0 Å². The zero-order valence-electron chi connectivity index (χ0n) is 23.5. The lowest BCUT2D eigenvalue weighted by Crippen LogP contribution is -2.56. The first kappa shape index (κ1) is 29.7. The van der Waals surface area contributed by atoms with Crippen molar-refractivity contribution < 1.29 is 14.3 Å². The number of likely N-dealkylation sites (tertiary alicyclic amines) is 1. The van der Waals surface area contributed by atoms with Crippen LogP contribution in [0.25, 0.3) is 0 Å². The molecule has 39 heavy (non-hydrogen) atoms. The fourth-order valence-corrected chi connectivity index (χ4v) is 5.96. The fraction of sp³-hybridized carbons (Fsp3) is 0.548. The van der Waals surface area contributed by atoms with Crippen molar-refractivity contribution >= 4 is 35.2 Å². The summed E-state index contributed by atoms with van der Waals surface area (Å²) in [4.78, 5) is 32.3. The number of nitrogens with zero attached hydrogens (tertiary/aromatic N) is 3. The molecule has 1 atom stereocenters. The van der Waals surface area contributed by atoms with Crippen molar-refractivity contribution in [3.8, 4) is 0 Å². The SMILES string of the molecule is CC[C@H]1CN(C(c2ccc(Cl)cc2)c2ccc(Cl)cc2)CCN1C(=O)CC1CCN(C(=O)OC(C)(C)C)CC1. The third-order valence-electron chi connectivity index (χ3n) is 7.77. The maximum Gasteiger partial charge on any atom is 0.410 e. The largest absolute Gasteiger partial charge is 0.444 e. The summed E-state index contributed by atoms with van der Waals surface area (Å²) in [5.41, 5.74) is 1.85. The van der Waals surface area contributed by atoms with E-state index >= 15 is 0 Å². The van der Waals surface area contributed by atoms with Crippen LogP contribution in [-0.2, 0) is 9.53 Å². The topological polar surface area (TPSA) is 53.1 Å². The van der Waals surface area contributed by atoms with Gasteiger partial charge in [0.2, 0.25) is 5.91 Å². The maximum absolute atomic E-state index is 13.5. The van der Waals surface area contributed by atoms with Gasteiger partial charge in [-0.3, -0.25) is 9.69 Å². The van der Waals surface area contributed by atoms with Crippen LogP contribution in [0.3, 0.4) is 0 Å². The summed E-state index contributed by atoms with van der Waals surface area (Å²) < 4.78 is 5.52. The van der Waals surface area contributed by atoms with Crippen LogP contribution in [0.4, 0.5) is 4.79 Å². The second-order valence-corrected chi connectivity index (χ2v) is 12.6. The Morgan fingerprint density at radius 3 is 1.92 bits per heavy atom. The molecule has 0 N–H and O–H groups in total. The van der Waals surface area contributed by atoms with Crippen molar-refractivity contribution in [1.82, 2.24) is 14.7 Å². The summed E-state index contributed by atoms with van der Waals surface area (Å²) >= 11 is 12.4. The number of benzene rings is 2. The minimum Gasteiger partial charge on any atom is -0.444 e. The van der Waals surface area contributed by atoms with Crippen LogP contribution < -0.4 is 0 Å². The number of carbonyl (C=O) groups excluding carboxylic acids is 2. The molecule has 0 bridgehead atoms. The van der Waals surface area contributed by atoms with Gasteiger partial charge in [-0.2, -0.15) is 0 Å². The Labute approximate surface area is 243 Å². The normalized spacial score (nSPS) is 19.4. The maximum atomic E-state index is 13.5. The molecule has 2 aromatic rings. The first-order valence-electron chi connectivity index (χ1n) is 14.1. The minimum atomic E-state index is -0.499. The molecule has 0 spiro atoms. The summed E-state index contributed by atoms with van der Waals surface area (Å²) in [6.07, 6.45) is 2.84. The molecule has 212 valence electrons. The van der Waals surface area contributed by atoms with E-state index in [0.717, 1.165) is 32.4 Å². The summed E-state index contributed by atoms with van der Waals surface area (Å²) in [5, 5.41) is 1.43. The van der Waals surface area contributed by atoms with Crippen LogP contribution in [0.1, 0.15) is 70.5 Å². The standard InChI is InChI=1S/C31H41Cl2N3O3/c1-5-27-21-35(29(23-6-10-25(32)11-7-23)24-8-12-26(33)13-9-24)18-19-36(27)28(37)20-22-14-16-34(17-15-22)30(38)39-31(2,3)4/h6-13,22,27,29H,5,14-21H2,1-4H3/t27-/m0/s1. The second kappa shape index (κ2) is 12.9. The van der Waals surface area contributed by atoms with E-state index in [1.807, 2.05) is 45.0 Å². The Morgan fingerprint density at radius 1 is 0.897 bits per heavy atom. The molecule has 2 aliphatic rings. The molecular formula is C31H41Cl2N3O3. The highest BCUT2D eigenvalue weighted by molar-refractivity contribution is 6.30. The van der Waals surface area contributed by atoms with Gasteiger partial charge >= 0.3 is 6.09 Å². The van der Waals surface area contributed by atoms with E-state index in [1.54, 1.807) is 4.90 Å². The molecule has 2 aliphatic heterocycles. The average molecular weight is 575 g/mol. The Kier molecular flexibility index (Phi) is 9.84. The molecule has 0 radical (unpaired) electrons. The monoisotopic (exact) mass is 573 g/mol. The van der Waals surface area contributed by atoms with Crippen molar-refractivity contribution in [3.63, 3.8) is 0 Å². The number of carbonyl (C=O) groups is 2. The summed E-state index contributed by atoms with van der Waals surface area (Å²) in [5.74, 6) is 0.523. The second-order valence-electron chi connectivity index (χ2n) is 11.8. The van der Waals surface area contributed by atoms with E-state index in [1.165, 1.54) is 11.1 Å². The molecule has 0 saturated carbocycles. The molecular weight excluding hydrogens is 533 g/mol. The lowest BCUT2D eigenvalue weighted by Gasteiger charge is -2.45. The van der Waals surface area contributed by atoms with Gasteiger partial charge in [0, 0.05) is 55.2 Å². The molecule has 8 heteroatoms. The molecule has 4 rings (SSSR count). The third-order valence-corrected chi connectivity index (χ3v) is 8.28. The van der Waals surface area contributed by atoms with Gasteiger partial charge in [0.15, 0.2) is 0 Å². The highest BCUT2D eigenvalue weighted by Crippen LogP contribution is 2.33. The average Bonchev–Trinajstić information content (AvgIpc) is 2.90. The lowest BCUT2D eigenvalue weighted by molar-refractivity contribution is -0.138.